The Kier molecular flexibility index (Phi) is 3.75. The summed E-state index contributed by atoms with van der Waals surface area (Å²) in [5.74, 6) is -0.0510. The molecule has 0 aliphatic carbocycles. The molecule has 2 heterocycles. The molecule has 0 saturated heterocycles. The van der Waals surface area contributed by atoms with Gasteiger partial charge in [0.15, 0.2) is 0 Å². The van der Waals surface area contributed by atoms with E-state index >= 15 is 0 Å². The van der Waals surface area contributed by atoms with Crippen LogP contribution in [0, 0.1) is 13.8 Å². The van der Waals surface area contributed by atoms with Crippen molar-refractivity contribution in [2.45, 2.75) is 33.4 Å². The lowest BCUT2D eigenvalue weighted by molar-refractivity contribution is -0.116. The molecule has 0 atom stereocenters. The number of aromatic nitrogens is 2. The monoisotopic (exact) mass is 284 g/mol. The molecular formula is C16H20N4O. The van der Waals surface area contributed by atoms with Crippen LogP contribution >= 0.6 is 0 Å². The highest BCUT2D eigenvalue weighted by Gasteiger charge is 2.11. The molecule has 5 heteroatoms. The maximum absolute atomic E-state index is 12.1. The van der Waals surface area contributed by atoms with Crippen molar-refractivity contribution >= 4 is 11.6 Å². The molecule has 1 aliphatic heterocycles. The van der Waals surface area contributed by atoms with Crippen LogP contribution in [0.3, 0.4) is 0 Å². The third-order valence-corrected chi connectivity index (χ3v) is 3.77. The van der Waals surface area contributed by atoms with Crippen molar-refractivity contribution in [1.82, 2.24) is 15.1 Å². The molecule has 2 N–H and O–H groups in total. The number of anilines is 1. The fraction of sp³-hybridized carbons (Fsp3) is 0.375. The third-order valence-electron chi connectivity index (χ3n) is 3.77. The van der Waals surface area contributed by atoms with Gasteiger partial charge >= 0.3 is 0 Å². The SMILES string of the molecule is Cc1cc(C)n(CC(=O)Nc2ccc3c(c2)CNCC3)n1. The van der Waals surface area contributed by atoms with Crippen LogP contribution in [0.15, 0.2) is 24.3 Å². The Labute approximate surface area is 124 Å². The number of nitrogens with zero attached hydrogens (tertiary/aromatic N) is 2. The van der Waals surface area contributed by atoms with E-state index in [9.17, 15) is 4.79 Å². The highest BCUT2D eigenvalue weighted by atomic mass is 16.2. The standard InChI is InChI=1S/C16H20N4O/c1-11-7-12(2)20(19-11)10-16(21)18-15-4-3-13-5-6-17-9-14(13)8-15/h3-4,7-8,17H,5-6,9-10H2,1-2H3,(H,18,21). The molecule has 0 spiro atoms. The molecule has 1 aromatic heterocycles. The molecule has 0 radical (unpaired) electrons. The highest BCUT2D eigenvalue weighted by Crippen LogP contribution is 2.19. The Bertz CT molecular complexity index is 675. The first-order valence-electron chi connectivity index (χ1n) is 7.25. The third kappa shape index (κ3) is 3.13. The molecule has 1 aromatic carbocycles. The summed E-state index contributed by atoms with van der Waals surface area (Å²) < 4.78 is 1.73. The Morgan fingerprint density at radius 1 is 1.33 bits per heavy atom. The van der Waals surface area contributed by atoms with Gasteiger partial charge in [-0.25, -0.2) is 0 Å². The van der Waals surface area contributed by atoms with Gasteiger partial charge in [-0.3, -0.25) is 9.48 Å². The molecule has 3 rings (SSSR count). The molecule has 0 saturated carbocycles. The number of aryl methyl sites for hydroxylation is 2. The van der Waals surface area contributed by atoms with Crippen molar-refractivity contribution < 1.29 is 4.79 Å². The van der Waals surface area contributed by atoms with E-state index in [1.165, 1.54) is 11.1 Å². The van der Waals surface area contributed by atoms with Crippen molar-refractivity contribution in [3.63, 3.8) is 0 Å². The molecule has 1 aliphatic rings. The molecule has 1 amide bonds. The fourth-order valence-corrected chi connectivity index (χ4v) is 2.73. The predicted octanol–water partition coefficient (Wildman–Crippen LogP) is 1.78. The lowest BCUT2D eigenvalue weighted by atomic mass is 10.0. The van der Waals surface area contributed by atoms with E-state index in [-0.39, 0.29) is 12.5 Å². The van der Waals surface area contributed by atoms with Crippen LogP contribution in [0.2, 0.25) is 0 Å². The summed E-state index contributed by atoms with van der Waals surface area (Å²) in [7, 11) is 0. The Balaban J connectivity index is 1.68. The van der Waals surface area contributed by atoms with Gasteiger partial charge in [-0.1, -0.05) is 6.07 Å². The average molecular weight is 284 g/mol. The number of hydrogen-bond acceptors (Lipinski definition) is 3. The molecule has 0 bridgehead atoms. The van der Waals surface area contributed by atoms with Crippen LogP contribution in [-0.4, -0.2) is 22.2 Å². The van der Waals surface area contributed by atoms with Gasteiger partial charge < -0.3 is 10.6 Å². The smallest absolute Gasteiger partial charge is 0.246 e. The van der Waals surface area contributed by atoms with Gasteiger partial charge in [0.05, 0.1) is 5.69 Å². The Hall–Kier alpha value is -2.14. The van der Waals surface area contributed by atoms with Gasteiger partial charge in [0.25, 0.3) is 0 Å². The van der Waals surface area contributed by atoms with Crippen molar-refractivity contribution in [2.24, 2.45) is 0 Å². The van der Waals surface area contributed by atoms with Crippen molar-refractivity contribution in [3.05, 3.63) is 46.8 Å². The Morgan fingerprint density at radius 2 is 2.19 bits per heavy atom. The maximum atomic E-state index is 12.1. The number of hydrogen-bond donors (Lipinski definition) is 2. The summed E-state index contributed by atoms with van der Waals surface area (Å²) in [5.41, 5.74) is 5.41. The minimum Gasteiger partial charge on any atom is -0.324 e. The number of rotatable bonds is 3. The van der Waals surface area contributed by atoms with Crippen LogP contribution in [-0.2, 0) is 24.3 Å². The van der Waals surface area contributed by atoms with Gasteiger partial charge in [0.2, 0.25) is 5.91 Å². The number of amides is 1. The Morgan fingerprint density at radius 3 is 2.95 bits per heavy atom. The first-order valence-corrected chi connectivity index (χ1v) is 7.25. The first-order chi connectivity index (χ1) is 10.1. The largest absolute Gasteiger partial charge is 0.324 e. The average Bonchev–Trinajstić information content (AvgIpc) is 2.76. The predicted molar refractivity (Wildman–Crippen MR) is 82.2 cm³/mol. The minimum absolute atomic E-state index is 0.0510. The van der Waals surface area contributed by atoms with Gasteiger partial charge in [-0.05, 0) is 56.1 Å². The van der Waals surface area contributed by atoms with Gasteiger partial charge in [-0.15, -0.1) is 0 Å². The summed E-state index contributed by atoms with van der Waals surface area (Å²) in [5, 5.41) is 10.6. The number of carbonyl (C=O) groups is 1. The van der Waals surface area contributed by atoms with Crippen LogP contribution in [0.5, 0.6) is 0 Å². The first kappa shape index (κ1) is 13.8. The number of fused-ring (bicyclic) bond motifs is 1. The van der Waals surface area contributed by atoms with Crippen molar-refractivity contribution in [3.8, 4) is 0 Å². The van der Waals surface area contributed by atoms with Gasteiger partial charge in [-0.2, -0.15) is 5.10 Å². The van der Waals surface area contributed by atoms with E-state index < -0.39 is 0 Å². The van der Waals surface area contributed by atoms with E-state index in [1.54, 1.807) is 4.68 Å². The molecule has 21 heavy (non-hydrogen) atoms. The normalized spacial score (nSPS) is 13.8. The fourth-order valence-electron chi connectivity index (χ4n) is 2.73. The van der Waals surface area contributed by atoms with Crippen LogP contribution in [0.4, 0.5) is 5.69 Å². The topological polar surface area (TPSA) is 59.0 Å². The zero-order chi connectivity index (χ0) is 14.8. The van der Waals surface area contributed by atoms with E-state index in [4.69, 9.17) is 0 Å². The van der Waals surface area contributed by atoms with Crippen molar-refractivity contribution in [2.75, 3.05) is 11.9 Å². The van der Waals surface area contributed by atoms with Crippen LogP contribution in [0.1, 0.15) is 22.5 Å². The van der Waals surface area contributed by atoms with Gasteiger partial charge in [0.1, 0.15) is 6.54 Å². The van der Waals surface area contributed by atoms with Crippen LogP contribution in [0.25, 0.3) is 0 Å². The summed E-state index contributed by atoms with van der Waals surface area (Å²) >= 11 is 0. The highest BCUT2D eigenvalue weighted by molar-refractivity contribution is 5.90. The lowest BCUT2D eigenvalue weighted by Crippen LogP contribution is -2.24. The zero-order valence-electron chi connectivity index (χ0n) is 12.4. The summed E-state index contributed by atoms with van der Waals surface area (Å²) in [6, 6.07) is 8.11. The van der Waals surface area contributed by atoms with Crippen LogP contribution < -0.4 is 10.6 Å². The van der Waals surface area contributed by atoms with E-state index in [0.29, 0.717) is 0 Å². The van der Waals surface area contributed by atoms with Crippen molar-refractivity contribution in [1.29, 1.82) is 0 Å². The molecule has 5 nitrogen and oxygen atoms in total. The molecule has 2 aromatic rings. The maximum Gasteiger partial charge on any atom is 0.246 e. The minimum atomic E-state index is -0.0510. The van der Waals surface area contributed by atoms with E-state index in [2.05, 4.69) is 27.9 Å². The van der Waals surface area contributed by atoms with Gasteiger partial charge in [0, 0.05) is 17.9 Å². The second-order valence-electron chi connectivity index (χ2n) is 5.54. The second-order valence-corrected chi connectivity index (χ2v) is 5.54. The zero-order valence-corrected chi connectivity index (χ0v) is 12.4. The molecule has 0 fully saturated rings. The summed E-state index contributed by atoms with van der Waals surface area (Å²) in [6.07, 6.45) is 1.05. The quantitative estimate of drug-likeness (QED) is 0.903. The number of benzene rings is 1. The molecule has 110 valence electrons. The summed E-state index contributed by atoms with van der Waals surface area (Å²) in [6.45, 7) is 6.03. The second kappa shape index (κ2) is 5.69. The summed E-state index contributed by atoms with van der Waals surface area (Å²) in [4.78, 5) is 12.1. The number of nitrogens with one attached hydrogen (secondary N) is 2. The lowest BCUT2D eigenvalue weighted by Gasteiger charge is -2.18. The van der Waals surface area contributed by atoms with E-state index in [0.717, 1.165) is 36.6 Å². The number of carbonyl (C=O) groups excluding carboxylic acids is 1. The van der Waals surface area contributed by atoms with E-state index in [1.807, 2.05) is 26.0 Å². The molecular weight excluding hydrogens is 264 g/mol. The molecule has 0 unspecified atom stereocenters.